The molecule has 0 unspecified atom stereocenters. The average molecular weight is 281 g/mol. The molecule has 0 saturated carbocycles. The van der Waals surface area contributed by atoms with Gasteiger partial charge in [0.1, 0.15) is 0 Å². The van der Waals surface area contributed by atoms with Gasteiger partial charge in [-0.05, 0) is 12.1 Å². The highest BCUT2D eigenvalue weighted by atomic mass is 32.1. The Morgan fingerprint density at radius 1 is 1.39 bits per heavy atom. The summed E-state index contributed by atoms with van der Waals surface area (Å²) < 4.78 is 0. The summed E-state index contributed by atoms with van der Waals surface area (Å²) >= 11 is 3.16. The fourth-order valence-electron chi connectivity index (χ4n) is 1.49. The van der Waals surface area contributed by atoms with Gasteiger partial charge in [0.2, 0.25) is 0 Å². The van der Waals surface area contributed by atoms with E-state index in [1.54, 1.807) is 11.3 Å². The van der Waals surface area contributed by atoms with Crippen molar-refractivity contribution in [2.45, 2.75) is 32.6 Å². The van der Waals surface area contributed by atoms with Gasteiger partial charge in [-0.2, -0.15) is 0 Å². The van der Waals surface area contributed by atoms with Crippen LogP contribution in [0.1, 0.15) is 30.7 Å². The maximum atomic E-state index is 10.6. The summed E-state index contributed by atoms with van der Waals surface area (Å²) in [6.07, 6.45) is 0.0843. The predicted octanol–water partition coefficient (Wildman–Crippen LogP) is 3.80. The van der Waals surface area contributed by atoms with Crippen LogP contribution in [0.25, 0.3) is 10.6 Å². The van der Waals surface area contributed by atoms with Crippen LogP contribution >= 0.6 is 22.7 Å². The van der Waals surface area contributed by atoms with E-state index in [1.165, 1.54) is 11.3 Å². The van der Waals surface area contributed by atoms with Crippen molar-refractivity contribution in [1.82, 2.24) is 4.98 Å². The number of hydrogen-bond donors (Lipinski definition) is 1. The van der Waals surface area contributed by atoms with Crippen LogP contribution in [0.4, 0.5) is 0 Å². The van der Waals surface area contributed by atoms with Gasteiger partial charge in [0.05, 0.1) is 22.0 Å². The zero-order valence-electron chi connectivity index (χ0n) is 10.6. The molecule has 0 radical (unpaired) electrons. The highest BCUT2D eigenvalue weighted by molar-refractivity contribution is 7.16. The van der Waals surface area contributed by atoms with Crippen molar-refractivity contribution in [3.8, 4) is 10.6 Å². The van der Waals surface area contributed by atoms with Crippen molar-refractivity contribution in [3.05, 3.63) is 27.4 Å². The lowest BCUT2D eigenvalue weighted by Gasteiger charge is -2.13. The lowest BCUT2D eigenvalue weighted by atomic mass is 9.98. The minimum absolute atomic E-state index is 0.0596. The molecule has 0 bridgehead atoms. The van der Waals surface area contributed by atoms with E-state index in [1.807, 2.05) is 17.5 Å². The molecular weight excluding hydrogens is 266 g/mol. The van der Waals surface area contributed by atoms with E-state index in [-0.39, 0.29) is 11.8 Å². The average Bonchev–Trinajstić information content (AvgIpc) is 2.81. The second-order valence-electron chi connectivity index (χ2n) is 5.12. The zero-order chi connectivity index (χ0) is 13.3. The Labute approximate surface area is 114 Å². The molecule has 2 aromatic rings. The first kappa shape index (κ1) is 13.2. The second kappa shape index (κ2) is 4.82. The first-order valence-corrected chi connectivity index (χ1v) is 7.33. The molecule has 5 heteroatoms. The second-order valence-corrected chi connectivity index (χ2v) is 7.15. The highest BCUT2D eigenvalue weighted by Crippen LogP contribution is 2.33. The summed E-state index contributed by atoms with van der Waals surface area (Å²) in [5.41, 5.74) is 1.01. The molecule has 0 spiro atoms. The van der Waals surface area contributed by atoms with E-state index in [4.69, 9.17) is 5.11 Å². The van der Waals surface area contributed by atoms with Crippen LogP contribution in [-0.2, 0) is 16.6 Å². The fraction of sp³-hybridized carbons (Fsp3) is 0.385. The number of carbonyl (C=O) groups is 1. The number of nitrogens with zero attached hydrogens (tertiary/aromatic N) is 1. The fourth-order valence-corrected chi connectivity index (χ4v) is 3.43. The molecule has 18 heavy (non-hydrogen) atoms. The SMILES string of the molecule is CC(C)(C)c1nc(-c2ccc(CC(=O)O)s2)cs1. The summed E-state index contributed by atoms with van der Waals surface area (Å²) in [5.74, 6) is -0.794. The maximum absolute atomic E-state index is 10.6. The quantitative estimate of drug-likeness (QED) is 0.931. The standard InChI is InChI=1S/C13H15NO2S2/c1-13(2,3)12-14-9(7-17-12)10-5-4-8(18-10)6-11(15)16/h4-5,7H,6H2,1-3H3,(H,15,16). The molecule has 2 heterocycles. The molecule has 0 aromatic carbocycles. The summed E-state index contributed by atoms with van der Waals surface area (Å²) in [7, 11) is 0. The number of rotatable bonds is 3. The monoisotopic (exact) mass is 281 g/mol. The van der Waals surface area contributed by atoms with Gasteiger partial charge >= 0.3 is 5.97 Å². The minimum atomic E-state index is -0.794. The van der Waals surface area contributed by atoms with Crippen molar-refractivity contribution in [2.24, 2.45) is 0 Å². The van der Waals surface area contributed by atoms with Crippen molar-refractivity contribution in [1.29, 1.82) is 0 Å². The lowest BCUT2D eigenvalue weighted by molar-refractivity contribution is -0.136. The molecule has 0 amide bonds. The Balaban J connectivity index is 2.24. The molecule has 2 aromatic heterocycles. The van der Waals surface area contributed by atoms with Crippen molar-refractivity contribution in [3.63, 3.8) is 0 Å². The van der Waals surface area contributed by atoms with Crippen molar-refractivity contribution in [2.75, 3.05) is 0 Å². The van der Waals surface area contributed by atoms with Gasteiger partial charge in [-0.25, -0.2) is 4.98 Å². The molecule has 0 atom stereocenters. The normalized spacial score (nSPS) is 11.7. The summed E-state index contributed by atoms with van der Waals surface area (Å²) in [6, 6.07) is 3.81. The van der Waals surface area contributed by atoms with E-state index in [2.05, 4.69) is 25.8 Å². The van der Waals surface area contributed by atoms with E-state index < -0.39 is 5.97 Å². The van der Waals surface area contributed by atoms with Gasteiger partial charge in [0.25, 0.3) is 0 Å². The van der Waals surface area contributed by atoms with Crippen LogP contribution in [0.5, 0.6) is 0 Å². The molecule has 0 saturated heterocycles. The third-order valence-corrected chi connectivity index (χ3v) is 4.76. The summed E-state index contributed by atoms with van der Waals surface area (Å²) in [5, 5.41) is 11.9. The number of thiazole rings is 1. The van der Waals surface area contributed by atoms with E-state index in [9.17, 15) is 4.79 Å². The zero-order valence-corrected chi connectivity index (χ0v) is 12.2. The van der Waals surface area contributed by atoms with Crippen LogP contribution in [-0.4, -0.2) is 16.1 Å². The number of carboxylic acids is 1. The lowest BCUT2D eigenvalue weighted by Crippen LogP contribution is -2.10. The highest BCUT2D eigenvalue weighted by Gasteiger charge is 2.19. The van der Waals surface area contributed by atoms with Crippen LogP contribution in [0.2, 0.25) is 0 Å². The molecule has 1 N–H and O–H groups in total. The number of thiophene rings is 1. The minimum Gasteiger partial charge on any atom is -0.481 e. The summed E-state index contributed by atoms with van der Waals surface area (Å²) in [6.45, 7) is 6.42. The first-order chi connectivity index (χ1) is 8.36. The Hall–Kier alpha value is -1.20. The van der Waals surface area contributed by atoms with Crippen LogP contribution in [0.15, 0.2) is 17.5 Å². The van der Waals surface area contributed by atoms with Gasteiger partial charge in [0, 0.05) is 15.7 Å². The Bertz CT molecular complexity index is 564. The van der Waals surface area contributed by atoms with Gasteiger partial charge in [-0.1, -0.05) is 20.8 Å². The van der Waals surface area contributed by atoms with Crippen LogP contribution < -0.4 is 0 Å². The summed E-state index contributed by atoms with van der Waals surface area (Å²) in [4.78, 5) is 17.2. The largest absolute Gasteiger partial charge is 0.481 e. The van der Waals surface area contributed by atoms with E-state index >= 15 is 0 Å². The smallest absolute Gasteiger partial charge is 0.308 e. The van der Waals surface area contributed by atoms with Gasteiger partial charge in [-0.15, -0.1) is 22.7 Å². The first-order valence-electron chi connectivity index (χ1n) is 5.63. The Morgan fingerprint density at radius 2 is 2.11 bits per heavy atom. The van der Waals surface area contributed by atoms with E-state index in [0.717, 1.165) is 20.5 Å². The number of aliphatic carboxylic acids is 1. The predicted molar refractivity (Wildman–Crippen MR) is 75.5 cm³/mol. The third-order valence-electron chi connectivity index (χ3n) is 2.39. The number of aromatic nitrogens is 1. The van der Waals surface area contributed by atoms with Crippen LogP contribution in [0.3, 0.4) is 0 Å². The molecule has 3 nitrogen and oxygen atoms in total. The third kappa shape index (κ3) is 2.97. The van der Waals surface area contributed by atoms with Gasteiger partial charge in [-0.3, -0.25) is 4.79 Å². The van der Waals surface area contributed by atoms with Gasteiger partial charge < -0.3 is 5.11 Å². The Morgan fingerprint density at radius 3 is 2.67 bits per heavy atom. The maximum Gasteiger partial charge on any atom is 0.308 e. The van der Waals surface area contributed by atoms with Gasteiger partial charge in [0.15, 0.2) is 0 Å². The molecular formula is C13H15NO2S2. The molecule has 0 aliphatic rings. The molecule has 0 aliphatic carbocycles. The van der Waals surface area contributed by atoms with Crippen molar-refractivity contribution >= 4 is 28.6 Å². The molecule has 96 valence electrons. The number of hydrogen-bond acceptors (Lipinski definition) is 4. The number of carboxylic acid groups (broad SMARTS) is 1. The van der Waals surface area contributed by atoms with Crippen LogP contribution in [0, 0.1) is 0 Å². The van der Waals surface area contributed by atoms with Crippen molar-refractivity contribution < 1.29 is 9.90 Å². The van der Waals surface area contributed by atoms with E-state index in [0.29, 0.717) is 0 Å². The molecule has 0 aliphatic heterocycles. The molecule has 2 rings (SSSR count). The molecule has 0 fully saturated rings. The topological polar surface area (TPSA) is 50.2 Å². The Kier molecular flexibility index (Phi) is 3.54.